The van der Waals surface area contributed by atoms with Gasteiger partial charge < -0.3 is 10.2 Å². The van der Waals surface area contributed by atoms with E-state index < -0.39 is 0 Å². The maximum Gasteiger partial charge on any atom is 0.122 e. The molecular weight excluding hydrogens is 236 g/mol. The Kier molecular flexibility index (Phi) is 4.89. The molecule has 0 aliphatic heterocycles. The lowest BCUT2D eigenvalue weighted by Gasteiger charge is -2.19. The molecule has 0 bridgehead atoms. The molecule has 0 unspecified atom stereocenters. The van der Waals surface area contributed by atoms with Gasteiger partial charge in [0.05, 0.1) is 5.41 Å². The van der Waals surface area contributed by atoms with Gasteiger partial charge in [-0.1, -0.05) is 19.8 Å². The quantitative estimate of drug-likeness (QED) is 0.802. The van der Waals surface area contributed by atoms with E-state index in [1.165, 1.54) is 0 Å². The van der Waals surface area contributed by atoms with E-state index in [0.29, 0.717) is 11.5 Å². The van der Waals surface area contributed by atoms with Gasteiger partial charge in [-0.25, -0.2) is 0 Å². The summed E-state index contributed by atoms with van der Waals surface area (Å²) < 4.78 is 0. The summed E-state index contributed by atoms with van der Waals surface area (Å²) in [7, 11) is 0. The summed E-state index contributed by atoms with van der Waals surface area (Å²) in [5.41, 5.74) is 0.970. The molecule has 1 aromatic rings. The van der Waals surface area contributed by atoms with Crippen LogP contribution in [0.5, 0.6) is 11.5 Å². The highest BCUT2D eigenvalue weighted by Gasteiger charge is 2.20. The molecule has 0 atom stereocenters. The zero-order valence-electron chi connectivity index (χ0n) is 12.5. The highest BCUT2D eigenvalue weighted by Crippen LogP contribution is 2.33. The van der Waals surface area contributed by atoms with Crippen LogP contribution in [0.4, 0.5) is 0 Å². The monoisotopic (exact) mass is 260 g/mol. The van der Waals surface area contributed by atoms with Crippen LogP contribution in [0.25, 0.3) is 0 Å². The zero-order valence-corrected chi connectivity index (χ0v) is 12.5. The van der Waals surface area contributed by atoms with Gasteiger partial charge in [-0.3, -0.25) is 0 Å². The minimum atomic E-state index is -0.375. The Balaban J connectivity index is 2.94. The average Bonchev–Trinajstić information content (AvgIpc) is 2.31. The van der Waals surface area contributed by atoms with Crippen LogP contribution in [0.15, 0.2) is 12.1 Å². The van der Waals surface area contributed by atoms with Crippen LogP contribution in [-0.4, -0.2) is 10.2 Å². The minimum Gasteiger partial charge on any atom is -0.508 e. The van der Waals surface area contributed by atoms with Gasteiger partial charge in [0.1, 0.15) is 11.5 Å². The lowest BCUT2D eigenvalue weighted by Crippen LogP contribution is -2.14. The number of hydrogen-bond acceptors (Lipinski definition) is 2. The summed E-state index contributed by atoms with van der Waals surface area (Å²) >= 11 is 0. The van der Waals surface area contributed by atoms with Gasteiger partial charge in [0.2, 0.25) is 0 Å². The molecule has 0 heterocycles. The molecule has 0 fully saturated rings. The average molecular weight is 260 g/mol. The number of hydrogen-bond donors (Lipinski definition) is 2. The zero-order chi connectivity index (χ0) is 14.6. The second-order valence-corrected chi connectivity index (χ2v) is 6.00. The summed E-state index contributed by atoms with van der Waals surface area (Å²) in [6.45, 7) is 10.1. The lowest BCUT2D eigenvalue weighted by molar-refractivity contribution is 0.439. The fraction of sp³-hybridized carbons (Fsp3) is 0.529. The van der Waals surface area contributed by atoms with Crippen LogP contribution in [0.3, 0.4) is 0 Å². The molecule has 2 N–H and O–H groups in total. The van der Waals surface area contributed by atoms with Crippen molar-refractivity contribution in [3.8, 4) is 23.3 Å². The lowest BCUT2D eigenvalue weighted by atomic mass is 9.84. The fourth-order valence-corrected chi connectivity index (χ4v) is 1.76. The highest BCUT2D eigenvalue weighted by atomic mass is 16.3. The molecular formula is C17H24O2. The van der Waals surface area contributed by atoms with Crippen molar-refractivity contribution in [1.29, 1.82) is 0 Å². The third-order valence-electron chi connectivity index (χ3n) is 3.32. The number of benzene rings is 1. The van der Waals surface area contributed by atoms with E-state index in [0.717, 1.165) is 18.4 Å². The maximum absolute atomic E-state index is 9.78. The van der Waals surface area contributed by atoms with Gasteiger partial charge in [-0.2, -0.15) is 0 Å². The van der Waals surface area contributed by atoms with E-state index in [-0.39, 0.29) is 16.9 Å². The van der Waals surface area contributed by atoms with E-state index in [2.05, 4.69) is 25.7 Å². The van der Waals surface area contributed by atoms with Gasteiger partial charge >= 0.3 is 0 Å². The van der Waals surface area contributed by atoms with Crippen LogP contribution in [0, 0.1) is 24.7 Å². The molecule has 1 aromatic carbocycles. The molecule has 19 heavy (non-hydrogen) atoms. The molecule has 0 aliphatic rings. The van der Waals surface area contributed by atoms with Gasteiger partial charge in [-0.05, 0) is 50.8 Å². The molecule has 104 valence electrons. The van der Waals surface area contributed by atoms with Crippen molar-refractivity contribution < 1.29 is 10.2 Å². The van der Waals surface area contributed by atoms with Crippen molar-refractivity contribution in [1.82, 2.24) is 0 Å². The number of aromatic hydroxyl groups is 2. The van der Waals surface area contributed by atoms with Crippen LogP contribution < -0.4 is 0 Å². The molecule has 1 rings (SSSR count). The largest absolute Gasteiger partial charge is 0.508 e. The summed E-state index contributed by atoms with van der Waals surface area (Å²) in [4.78, 5) is 0. The minimum absolute atomic E-state index is 0.118. The van der Waals surface area contributed by atoms with Crippen LogP contribution in [0.2, 0.25) is 0 Å². The molecule has 2 heteroatoms. The van der Waals surface area contributed by atoms with Crippen molar-refractivity contribution in [2.75, 3.05) is 0 Å². The SMILES string of the molecule is Cc1c(O)cc(C(C)(C)C#CCCC(C)C)cc1O. The first-order valence-electron chi connectivity index (χ1n) is 6.77. The summed E-state index contributed by atoms with van der Waals surface area (Å²) in [6.07, 6.45) is 1.97. The Bertz CT molecular complexity index is 479. The Morgan fingerprint density at radius 3 is 2.16 bits per heavy atom. The van der Waals surface area contributed by atoms with Crippen molar-refractivity contribution in [3.05, 3.63) is 23.3 Å². The third kappa shape index (κ3) is 4.21. The Morgan fingerprint density at radius 1 is 1.16 bits per heavy atom. The highest BCUT2D eigenvalue weighted by molar-refractivity contribution is 5.49. The smallest absolute Gasteiger partial charge is 0.122 e. The van der Waals surface area contributed by atoms with Gasteiger partial charge in [0.25, 0.3) is 0 Å². The molecule has 0 spiro atoms. The van der Waals surface area contributed by atoms with Crippen molar-refractivity contribution in [2.24, 2.45) is 5.92 Å². The van der Waals surface area contributed by atoms with E-state index in [1.807, 2.05) is 13.8 Å². The summed E-state index contributed by atoms with van der Waals surface area (Å²) in [5.74, 6) is 7.32. The second kappa shape index (κ2) is 6.02. The van der Waals surface area contributed by atoms with Crippen molar-refractivity contribution in [2.45, 2.75) is 52.9 Å². The number of phenols is 2. The Hall–Kier alpha value is -1.62. The fourth-order valence-electron chi connectivity index (χ4n) is 1.76. The molecule has 0 radical (unpaired) electrons. The molecule has 0 saturated heterocycles. The number of rotatable bonds is 3. The number of phenolic OH excluding ortho intramolecular Hbond substituents is 2. The van der Waals surface area contributed by atoms with E-state index in [4.69, 9.17) is 0 Å². The standard InChI is InChI=1S/C17H24O2/c1-12(2)8-6-7-9-17(4,5)14-10-15(18)13(3)16(19)11-14/h10-12,18-19H,6,8H2,1-5H3. The third-order valence-corrected chi connectivity index (χ3v) is 3.32. The van der Waals surface area contributed by atoms with Gasteiger partial charge in [0.15, 0.2) is 0 Å². The van der Waals surface area contributed by atoms with E-state index >= 15 is 0 Å². The van der Waals surface area contributed by atoms with Gasteiger partial charge in [-0.15, -0.1) is 5.92 Å². The van der Waals surface area contributed by atoms with Crippen LogP contribution >= 0.6 is 0 Å². The topological polar surface area (TPSA) is 40.5 Å². The van der Waals surface area contributed by atoms with Crippen molar-refractivity contribution in [3.63, 3.8) is 0 Å². The maximum atomic E-state index is 9.78. The predicted molar refractivity (Wildman–Crippen MR) is 79.4 cm³/mol. The Morgan fingerprint density at radius 2 is 1.68 bits per heavy atom. The normalized spacial score (nSPS) is 11.3. The second-order valence-electron chi connectivity index (χ2n) is 6.00. The summed E-state index contributed by atoms with van der Waals surface area (Å²) in [6, 6.07) is 3.37. The van der Waals surface area contributed by atoms with Crippen LogP contribution in [0.1, 0.15) is 51.7 Å². The van der Waals surface area contributed by atoms with E-state index in [9.17, 15) is 10.2 Å². The van der Waals surface area contributed by atoms with Crippen LogP contribution in [-0.2, 0) is 5.41 Å². The molecule has 2 nitrogen and oxygen atoms in total. The molecule has 0 saturated carbocycles. The first kappa shape index (κ1) is 15.4. The van der Waals surface area contributed by atoms with Crippen molar-refractivity contribution >= 4 is 0 Å². The van der Waals surface area contributed by atoms with Gasteiger partial charge in [0, 0.05) is 12.0 Å². The predicted octanol–water partition coefficient (Wildman–Crippen LogP) is 4.12. The first-order chi connectivity index (χ1) is 8.74. The summed E-state index contributed by atoms with van der Waals surface area (Å²) in [5, 5.41) is 19.6. The Labute approximate surface area is 116 Å². The molecule has 0 aliphatic carbocycles. The molecule has 0 aromatic heterocycles. The first-order valence-corrected chi connectivity index (χ1v) is 6.77. The molecule has 0 amide bonds. The van der Waals surface area contributed by atoms with E-state index in [1.54, 1.807) is 19.1 Å².